The number of phenols is 1. The van der Waals surface area contributed by atoms with Crippen LogP contribution in [-0.4, -0.2) is 21.7 Å². The van der Waals surface area contributed by atoms with Gasteiger partial charge < -0.3 is 15.2 Å². The molecule has 0 aliphatic rings. The van der Waals surface area contributed by atoms with Gasteiger partial charge >= 0.3 is 0 Å². The third kappa shape index (κ3) is 3.60. The molecule has 5 nitrogen and oxygen atoms in total. The summed E-state index contributed by atoms with van der Waals surface area (Å²) in [5.41, 5.74) is 3.19. The number of nitrogens with zero attached hydrogens (tertiary/aromatic N) is 2. The second-order valence-corrected chi connectivity index (χ2v) is 6.40. The summed E-state index contributed by atoms with van der Waals surface area (Å²) in [5.74, 6) is 0.995. The van der Waals surface area contributed by atoms with E-state index in [9.17, 15) is 5.11 Å². The minimum Gasteiger partial charge on any atom is -0.505 e. The fourth-order valence-electron chi connectivity index (χ4n) is 3.25. The minimum atomic E-state index is -0.280. The summed E-state index contributed by atoms with van der Waals surface area (Å²) in [5, 5.41) is 15.3. The molecule has 2 heterocycles. The second-order valence-electron chi connectivity index (χ2n) is 6.40. The first kappa shape index (κ1) is 17.8. The van der Waals surface area contributed by atoms with Crippen LogP contribution in [0.5, 0.6) is 11.5 Å². The second kappa shape index (κ2) is 7.96. The summed E-state index contributed by atoms with van der Waals surface area (Å²) >= 11 is 0. The van der Waals surface area contributed by atoms with Gasteiger partial charge in [-0.2, -0.15) is 0 Å². The van der Waals surface area contributed by atoms with Gasteiger partial charge in [-0.15, -0.1) is 0 Å². The molecule has 1 unspecified atom stereocenters. The molecule has 4 aromatic rings. The number of hydrogen-bond acceptors (Lipinski definition) is 5. The predicted octanol–water partition coefficient (Wildman–Crippen LogP) is 4.94. The van der Waals surface area contributed by atoms with Gasteiger partial charge in [-0.05, 0) is 48.9 Å². The number of benzene rings is 2. The molecule has 4 rings (SSSR count). The van der Waals surface area contributed by atoms with Crippen molar-refractivity contribution >= 4 is 16.6 Å². The fourth-order valence-corrected chi connectivity index (χ4v) is 3.25. The fraction of sp³-hybridized carbons (Fsp3) is 0.130. The third-order valence-corrected chi connectivity index (χ3v) is 4.58. The summed E-state index contributed by atoms with van der Waals surface area (Å²) in [4.78, 5) is 8.59. The lowest BCUT2D eigenvalue weighted by Gasteiger charge is -2.22. The summed E-state index contributed by atoms with van der Waals surface area (Å²) in [6.45, 7) is 2.59. The molecular formula is C23H21N3O2. The smallest absolute Gasteiger partial charge is 0.147 e. The van der Waals surface area contributed by atoms with Crippen molar-refractivity contribution in [3.63, 3.8) is 0 Å². The van der Waals surface area contributed by atoms with Gasteiger partial charge in [0.25, 0.3) is 0 Å². The number of hydrogen-bond donors (Lipinski definition) is 2. The van der Waals surface area contributed by atoms with Crippen molar-refractivity contribution in [3.8, 4) is 11.5 Å². The highest BCUT2D eigenvalue weighted by molar-refractivity contribution is 5.86. The van der Waals surface area contributed by atoms with Gasteiger partial charge in [0, 0.05) is 35.2 Å². The van der Waals surface area contributed by atoms with Crippen LogP contribution in [0, 0.1) is 0 Å². The Morgan fingerprint density at radius 2 is 1.82 bits per heavy atom. The van der Waals surface area contributed by atoms with E-state index < -0.39 is 0 Å². The van der Waals surface area contributed by atoms with Crippen LogP contribution >= 0.6 is 0 Å². The molecular weight excluding hydrogens is 350 g/mol. The number of aromatic nitrogens is 2. The SMILES string of the molecule is CCOc1ccc(NC(c2cccnc2)c2ccc3cccnc3c2O)cc1. The van der Waals surface area contributed by atoms with Crippen molar-refractivity contribution in [1.29, 1.82) is 0 Å². The zero-order chi connectivity index (χ0) is 19.3. The van der Waals surface area contributed by atoms with E-state index in [4.69, 9.17) is 4.74 Å². The molecule has 0 amide bonds. The average molecular weight is 371 g/mol. The van der Waals surface area contributed by atoms with E-state index in [1.165, 1.54) is 0 Å². The first-order valence-corrected chi connectivity index (χ1v) is 9.22. The maximum absolute atomic E-state index is 10.9. The number of pyridine rings is 2. The first-order valence-electron chi connectivity index (χ1n) is 9.22. The molecule has 2 aromatic heterocycles. The van der Waals surface area contributed by atoms with Gasteiger partial charge in [0.1, 0.15) is 17.0 Å². The molecule has 0 saturated carbocycles. The van der Waals surface area contributed by atoms with Crippen molar-refractivity contribution in [2.75, 3.05) is 11.9 Å². The molecule has 2 aromatic carbocycles. The lowest BCUT2D eigenvalue weighted by Crippen LogP contribution is -2.13. The number of anilines is 1. The van der Waals surface area contributed by atoms with Crippen LogP contribution in [0.3, 0.4) is 0 Å². The molecule has 1 atom stereocenters. The highest BCUT2D eigenvalue weighted by atomic mass is 16.5. The number of fused-ring (bicyclic) bond motifs is 1. The van der Waals surface area contributed by atoms with E-state index in [0.717, 1.165) is 28.0 Å². The molecule has 28 heavy (non-hydrogen) atoms. The molecule has 5 heteroatoms. The first-order chi connectivity index (χ1) is 13.8. The van der Waals surface area contributed by atoms with E-state index >= 15 is 0 Å². The van der Waals surface area contributed by atoms with Gasteiger partial charge in [-0.1, -0.05) is 24.3 Å². The summed E-state index contributed by atoms with van der Waals surface area (Å²) in [7, 11) is 0. The normalized spacial score (nSPS) is 11.9. The highest BCUT2D eigenvalue weighted by Gasteiger charge is 2.20. The van der Waals surface area contributed by atoms with Crippen molar-refractivity contribution in [2.45, 2.75) is 13.0 Å². The lowest BCUT2D eigenvalue weighted by atomic mass is 9.97. The van der Waals surface area contributed by atoms with Crippen molar-refractivity contribution in [2.24, 2.45) is 0 Å². The van der Waals surface area contributed by atoms with Crippen LogP contribution in [0.25, 0.3) is 10.9 Å². The standard InChI is InChI=1S/C23H21N3O2/c1-2-28-19-10-8-18(9-11-19)26-21(17-6-3-13-24-15-17)20-12-7-16-5-4-14-25-22(16)23(20)27/h3-15,21,26-27H,2H2,1H3. The zero-order valence-corrected chi connectivity index (χ0v) is 15.5. The number of rotatable bonds is 6. The van der Waals surface area contributed by atoms with Crippen molar-refractivity contribution in [3.05, 3.63) is 90.4 Å². The van der Waals surface area contributed by atoms with Crippen LogP contribution < -0.4 is 10.1 Å². The minimum absolute atomic E-state index is 0.172. The third-order valence-electron chi connectivity index (χ3n) is 4.58. The Bertz CT molecular complexity index is 1070. The van der Waals surface area contributed by atoms with Gasteiger partial charge in [-0.25, -0.2) is 0 Å². The van der Waals surface area contributed by atoms with Gasteiger partial charge in [-0.3, -0.25) is 9.97 Å². The van der Waals surface area contributed by atoms with E-state index in [-0.39, 0.29) is 11.8 Å². The predicted molar refractivity (Wildman–Crippen MR) is 111 cm³/mol. The molecule has 2 N–H and O–H groups in total. The van der Waals surface area contributed by atoms with Crippen molar-refractivity contribution < 1.29 is 9.84 Å². The summed E-state index contributed by atoms with van der Waals surface area (Å²) < 4.78 is 5.52. The molecule has 0 aliphatic carbocycles. The quantitative estimate of drug-likeness (QED) is 0.503. The monoisotopic (exact) mass is 371 g/mol. The Morgan fingerprint density at radius 3 is 2.57 bits per heavy atom. The number of nitrogens with one attached hydrogen (secondary N) is 1. The van der Waals surface area contributed by atoms with E-state index in [1.807, 2.05) is 67.6 Å². The highest BCUT2D eigenvalue weighted by Crippen LogP contribution is 2.36. The molecule has 140 valence electrons. The molecule has 0 radical (unpaired) electrons. The number of phenolic OH excluding ortho intramolecular Hbond substituents is 1. The van der Waals surface area contributed by atoms with E-state index in [1.54, 1.807) is 18.6 Å². The van der Waals surface area contributed by atoms with Crippen LogP contribution in [0.15, 0.2) is 79.3 Å². The van der Waals surface area contributed by atoms with Gasteiger partial charge in [0.05, 0.1) is 12.6 Å². The van der Waals surface area contributed by atoms with Crippen LogP contribution in [-0.2, 0) is 0 Å². The van der Waals surface area contributed by atoms with Gasteiger partial charge in [0.2, 0.25) is 0 Å². The molecule has 0 saturated heterocycles. The Balaban J connectivity index is 1.75. The van der Waals surface area contributed by atoms with Crippen LogP contribution in [0.1, 0.15) is 24.1 Å². The lowest BCUT2D eigenvalue weighted by molar-refractivity contribution is 0.340. The molecule has 0 fully saturated rings. The zero-order valence-electron chi connectivity index (χ0n) is 15.5. The Morgan fingerprint density at radius 1 is 1.00 bits per heavy atom. The van der Waals surface area contributed by atoms with Crippen LogP contribution in [0.2, 0.25) is 0 Å². The van der Waals surface area contributed by atoms with Crippen LogP contribution in [0.4, 0.5) is 5.69 Å². The Hall–Kier alpha value is -3.60. The average Bonchev–Trinajstić information content (AvgIpc) is 2.75. The Kier molecular flexibility index (Phi) is 5.06. The summed E-state index contributed by atoms with van der Waals surface area (Å²) in [6.07, 6.45) is 5.22. The summed E-state index contributed by atoms with van der Waals surface area (Å²) in [6, 6.07) is 19.1. The largest absolute Gasteiger partial charge is 0.505 e. The topological polar surface area (TPSA) is 67.3 Å². The molecule has 0 spiro atoms. The van der Waals surface area contributed by atoms with E-state index in [2.05, 4.69) is 15.3 Å². The van der Waals surface area contributed by atoms with Crippen molar-refractivity contribution in [1.82, 2.24) is 9.97 Å². The molecule has 0 aliphatic heterocycles. The molecule has 0 bridgehead atoms. The maximum atomic E-state index is 10.9. The van der Waals surface area contributed by atoms with Gasteiger partial charge in [0.15, 0.2) is 0 Å². The Labute approximate surface area is 163 Å². The number of aromatic hydroxyl groups is 1. The maximum Gasteiger partial charge on any atom is 0.147 e. The van der Waals surface area contributed by atoms with E-state index in [0.29, 0.717) is 12.1 Å². The number of ether oxygens (including phenoxy) is 1.